The van der Waals surface area contributed by atoms with E-state index >= 15 is 0 Å². The van der Waals surface area contributed by atoms with Crippen molar-refractivity contribution in [2.75, 3.05) is 26.3 Å². The maximum absolute atomic E-state index is 13.3. The number of ether oxygens (including phenoxy) is 4. The van der Waals surface area contributed by atoms with Crippen molar-refractivity contribution in [3.8, 4) is 34.2 Å². The number of aromatic nitrogens is 8. The van der Waals surface area contributed by atoms with Crippen LogP contribution in [0.1, 0.15) is 91.0 Å². The Morgan fingerprint density at radius 1 is 0.597 bits per heavy atom. The van der Waals surface area contributed by atoms with Crippen LogP contribution in [0.25, 0.3) is 34.2 Å². The van der Waals surface area contributed by atoms with Crippen molar-refractivity contribution >= 4 is 28.3 Å². The third-order valence-corrected chi connectivity index (χ3v) is 14.1. The van der Waals surface area contributed by atoms with Crippen molar-refractivity contribution in [2.24, 2.45) is 0 Å². The standard InChI is InChI=1S/C44H68N10O6Si2/c1-43(2,3)59-41(55)51-21-13-15-35(51)39-45-27-37(53(39)29-57-23-25-61(7,8)9)33-19-17-31(47-49-33)32-18-20-34(50-48-32)38-28-46-40(54(38)30-58-24-26-62(10,11)12)36-16-14-22-52(36)42(56)60-44(4,5)6/h17-20,27-28,35-36H,13-16,21-26,29-30H2,1-12H3/t35-,36-/m0/s1. The molecule has 0 aromatic carbocycles. The molecule has 0 spiro atoms. The molecule has 0 aliphatic carbocycles. The number of rotatable bonds is 15. The average Bonchev–Trinajstić information content (AvgIpc) is 3.99. The van der Waals surface area contributed by atoms with E-state index in [0.717, 1.165) is 60.8 Å². The van der Waals surface area contributed by atoms with Gasteiger partial charge in [0.1, 0.15) is 59.1 Å². The summed E-state index contributed by atoms with van der Waals surface area (Å²) in [6, 6.07) is 9.08. The summed E-state index contributed by atoms with van der Waals surface area (Å²) in [5, 5.41) is 18.4. The molecule has 18 heteroatoms. The molecule has 16 nitrogen and oxygen atoms in total. The highest BCUT2D eigenvalue weighted by atomic mass is 28.3. The number of likely N-dealkylation sites (tertiary alicyclic amines) is 2. The van der Waals surface area contributed by atoms with Crippen molar-refractivity contribution in [3.63, 3.8) is 0 Å². The van der Waals surface area contributed by atoms with Gasteiger partial charge in [-0.2, -0.15) is 0 Å². The first-order chi connectivity index (χ1) is 29.1. The number of carbonyl (C=O) groups is 2. The van der Waals surface area contributed by atoms with Gasteiger partial charge in [0, 0.05) is 42.5 Å². The lowest BCUT2D eigenvalue weighted by molar-refractivity contribution is 0.0195. The summed E-state index contributed by atoms with van der Waals surface area (Å²) in [6.45, 7) is 28.2. The molecule has 6 heterocycles. The smallest absolute Gasteiger partial charge is 0.410 e. The van der Waals surface area contributed by atoms with E-state index in [4.69, 9.17) is 28.9 Å². The van der Waals surface area contributed by atoms with E-state index in [2.05, 4.69) is 59.7 Å². The van der Waals surface area contributed by atoms with E-state index in [0.29, 0.717) is 49.1 Å². The second-order valence-corrected chi connectivity index (χ2v) is 32.1. The van der Waals surface area contributed by atoms with Crippen LogP contribution < -0.4 is 0 Å². The van der Waals surface area contributed by atoms with Gasteiger partial charge in [0.2, 0.25) is 0 Å². The van der Waals surface area contributed by atoms with Gasteiger partial charge >= 0.3 is 12.2 Å². The Morgan fingerprint density at radius 3 is 1.27 bits per heavy atom. The summed E-state index contributed by atoms with van der Waals surface area (Å²) in [7, 11) is -2.64. The molecule has 0 N–H and O–H groups in total. The first kappa shape index (κ1) is 47.0. The highest BCUT2D eigenvalue weighted by Crippen LogP contribution is 2.37. The fourth-order valence-electron chi connectivity index (χ4n) is 7.42. The lowest BCUT2D eigenvalue weighted by Crippen LogP contribution is -2.37. The normalized spacial score (nSPS) is 17.5. The summed E-state index contributed by atoms with van der Waals surface area (Å²) in [4.78, 5) is 39.8. The average molecular weight is 889 g/mol. The summed E-state index contributed by atoms with van der Waals surface area (Å²) in [5.74, 6) is 1.47. The molecule has 2 atom stereocenters. The van der Waals surface area contributed by atoms with Gasteiger partial charge in [0.05, 0.1) is 35.9 Å². The number of amides is 2. The van der Waals surface area contributed by atoms with Gasteiger partial charge in [0.25, 0.3) is 0 Å². The zero-order chi connectivity index (χ0) is 45.0. The first-order valence-corrected chi connectivity index (χ1v) is 29.4. The van der Waals surface area contributed by atoms with Gasteiger partial charge in [-0.15, -0.1) is 20.4 Å². The monoisotopic (exact) mass is 888 g/mol. The lowest BCUT2D eigenvalue weighted by Gasteiger charge is -2.29. The van der Waals surface area contributed by atoms with Crippen molar-refractivity contribution in [1.29, 1.82) is 0 Å². The minimum absolute atomic E-state index is 0.258. The lowest BCUT2D eigenvalue weighted by atomic mass is 10.2. The van der Waals surface area contributed by atoms with E-state index in [1.807, 2.05) is 74.9 Å². The Bertz CT molecular complexity index is 1980. The van der Waals surface area contributed by atoms with Crippen LogP contribution in [0.3, 0.4) is 0 Å². The largest absolute Gasteiger partial charge is 0.444 e. The molecule has 4 aromatic rings. The number of hydrogen-bond donors (Lipinski definition) is 0. The van der Waals surface area contributed by atoms with E-state index in [-0.39, 0.29) is 37.7 Å². The minimum Gasteiger partial charge on any atom is -0.444 e. The molecule has 2 fully saturated rings. The van der Waals surface area contributed by atoms with Crippen molar-refractivity contribution in [2.45, 2.75) is 155 Å². The molecule has 2 saturated heterocycles. The molecule has 0 bridgehead atoms. The van der Waals surface area contributed by atoms with E-state index in [1.54, 1.807) is 22.2 Å². The maximum atomic E-state index is 13.3. The Hall–Kier alpha value is -4.53. The second-order valence-electron chi connectivity index (χ2n) is 20.8. The number of hydrogen-bond acceptors (Lipinski definition) is 12. The molecule has 2 aliphatic heterocycles. The molecule has 2 amide bonds. The quantitative estimate of drug-likeness (QED) is 0.0822. The summed E-state index contributed by atoms with van der Waals surface area (Å²) >= 11 is 0. The molecule has 0 unspecified atom stereocenters. The van der Waals surface area contributed by atoms with Crippen LogP contribution in [0.4, 0.5) is 9.59 Å². The van der Waals surface area contributed by atoms with E-state index in [9.17, 15) is 9.59 Å². The van der Waals surface area contributed by atoms with Gasteiger partial charge in [-0.1, -0.05) is 39.3 Å². The Balaban J connectivity index is 1.24. The van der Waals surface area contributed by atoms with Crippen molar-refractivity contribution in [3.05, 3.63) is 48.3 Å². The van der Waals surface area contributed by atoms with E-state index in [1.165, 1.54) is 0 Å². The topological polar surface area (TPSA) is 165 Å². The van der Waals surface area contributed by atoms with Crippen LogP contribution in [-0.4, -0.2) is 115 Å². The van der Waals surface area contributed by atoms with E-state index < -0.39 is 27.3 Å². The summed E-state index contributed by atoms with van der Waals surface area (Å²) in [5.41, 5.74) is 2.61. The summed E-state index contributed by atoms with van der Waals surface area (Å²) in [6.07, 6.45) is 6.10. The molecule has 6 rings (SSSR count). The molecule has 0 radical (unpaired) electrons. The number of imidazole rings is 2. The van der Waals surface area contributed by atoms with Crippen molar-refractivity contribution < 1.29 is 28.5 Å². The zero-order valence-corrected chi connectivity index (χ0v) is 41.0. The molecular formula is C44H68N10O6Si2. The fourth-order valence-corrected chi connectivity index (χ4v) is 8.93. The van der Waals surface area contributed by atoms with Crippen molar-refractivity contribution in [1.82, 2.24) is 49.3 Å². The van der Waals surface area contributed by atoms with Gasteiger partial charge in [-0.3, -0.25) is 9.80 Å². The van der Waals surface area contributed by atoms with Crippen LogP contribution in [0.5, 0.6) is 0 Å². The third-order valence-electron chi connectivity index (χ3n) is 10.7. The molecule has 338 valence electrons. The van der Waals surface area contributed by atoms with Crippen LogP contribution in [-0.2, 0) is 32.4 Å². The maximum Gasteiger partial charge on any atom is 0.410 e. The SMILES string of the molecule is CC(C)(C)OC(=O)N1CCC[C@H]1c1ncc(-c2ccc(-c3ccc(-c4cnc([C@@H]5CCCN5C(=O)OC(C)(C)C)n4COCC[Si](C)(C)C)nn3)nn2)n1COCC[Si](C)(C)C. The predicted octanol–water partition coefficient (Wildman–Crippen LogP) is 9.43. The van der Waals surface area contributed by atoms with Crippen LogP contribution in [0.15, 0.2) is 36.7 Å². The van der Waals surface area contributed by atoms with Crippen LogP contribution in [0.2, 0.25) is 51.4 Å². The molecule has 4 aromatic heterocycles. The highest BCUT2D eigenvalue weighted by Gasteiger charge is 2.38. The van der Waals surface area contributed by atoms with Crippen LogP contribution >= 0.6 is 0 Å². The number of carbonyl (C=O) groups excluding carboxylic acids is 2. The molecule has 2 aliphatic rings. The Labute approximate surface area is 369 Å². The number of nitrogens with zero attached hydrogens (tertiary/aromatic N) is 10. The van der Waals surface area contributed by atoms with Crippen LogP contribution in [0, 0.1) is 0 Å². The first-order valence-electron chi connectivity index (χ1n) is 22.0. The minimum atomic E-state index is -1.32. The molecular weight excluding hydrogens is 821 g/mol. The zero-order valence-electron chi connectivity index (χ0n) is 39.0. The fraction of sp³-hybridized carbons (Fsp3) is 0.636. The predicted molar refractivity (Wildman–Crippen MR) is 244 cm³/mol. The van der Waals surface area contributed by atoms with Gasteiger partial charge in [-0.25, -0.2) is 19.6 Å². The van der Waals surface area contributed by atoms with Gasteiger partial charge < -0.3 is 28.1 Å². The molecule has 62 heavy (non-hydrogen) atoms. The molecule has 0 saturated carbocycles. The highest BCUT2D eigenvalue weighted by molar-refractivity contribution is 6.76. The van der Waals surface area contributed by atoms with Gasteiger partial charge in [0.15, 0.2) is 0 Å². The summed E-state index contributed by atoms with van der Waals surface area (Å²) < 4.78 is 28.1. The second kappa shape index (κ2) is 19.1. The Morgan fingerprint density at radius 2 is 0.952 bits per heavy atom. The third kappa shape index (κ3) is 12.3. The van der Waals surface area contributed by atoms with Gasteiger partial charge in [-0.05, 0) is 104 Å². The Kier molecular flexibility index (Phi) is 14.4.